The van der Waals surface area contributed by atoms with Gasteiger partial charge in [0.1, 0.15) is 5.82 Å². The van der Waals surface area contributed by atoms with Crippen molar-refractivity contribution in [3.8, 4) is 11.5 Å². The Morgan fingerprint density at radius 2 is 1.97 bits per heavy atom. The average molecular weight is 473 g/mol. The van der Waals surface area contributed by atoms with E-state index >= 15 is 0 Å². The molecule has 10 heteroatoms. The Morgan fingerprint density at radius 1 is 1.18 bits per heavy atom. The molecule has 2 N–H and O–H groups in total. The number of fused-ring (bicyclic) bond motifs is 1. The van der Waals surface area contributed by atoms with E-state index in [2.05, 4.69) is 46.5 Å². The van der Waals surface area contributed by atoms with Crippen molar-refractivity contribution in [2.45, 2.75) is 38.9 Å². The SMILES string of the molecule is CCSc1nc(NCC(C)C)c2cnn(CCNC(=O)Cc3ccc(OC)c(OC)c3)c2n1. The third kappa shape index (κ3) is 6.50. The van der Waals surface area contributed by atoms with Crippen molar-refractivity contribution < 1.29 is 14.3 Å². The molecule has 9 nitrogen and oxygen atoms in total. The van der Waals surface area contributed by atoms with Crippen LogP contribution in [0.3, 0.4) is 0 Å². The second-order valence-electron chi connectivity index (χ2n) is 7.88. The molecular formula is C23H32N6O3S. The van der Waals surface area contributed by atoms with Crippen LogP contribution >= 0.6 is 11.8 Å². The lowest BCUT2D eigenvalue weighted by molar-refractivity contribution is -0.120. The molecule has 0 aliphatic heterocycles. The Labute approximate surface area is 198 Å². The lowest BCUT2D eigenvalue weighted by Crippen LogP contribution is -2.29. The van der Waals surface area contributed by atoms with Gasteiger partial charge in [0.25, 0.3) is 0 Å². The van der Waals surface area contributed by atoms with Gasteiger partial charge < -0.3 is 20.1 Å². The van der Waals surface area contributed by atoms with Crippen molar-refractivity contribution in [3.63, 3.8) is 0 Å². The van der Waals surface area contributed by atoms with Crippen LogP contribution in [-0.4, -0.2) is 58.7 Å². The summed E-state index contributed by atoms with van der Waals surface area (Å²) in [6.07, 6.45) is 2.03. The molecule has 33 heavy (non-hydrogen) atoms. The Bertz CT molecular complexity index is 1090. The molecule has 0 bridgehead atoms. The minimum Gasteiger partial charge on any atom is -0.493 e. The molecule has 0 aliphatic carbocycles. The highest BCUT2D eigenvalue weighted by molar-refractivity contribution is 7.99. The Kier molecular flexibility index (Phi) is 8.76. The summed E-state index contributed by atoms with van der Waals surface area (Å²) in [5, 5.41) is 12.5. The zero-order valence-corrected chi connectivity index (χ0v) is 20.7. The minimum atomic E-state index is -0.0742. The molecule has 0 radical (unpaired) electrons. The van der Waals surface area contributed by atoms with Crippen LogP contribution in [0.4, 0.5) is 5.82 Å². The number of anilines is 1. The maximum atomic E-state index is 12.4. The third-order valence-electron chi connectivity index (χ3n) is 4.89. The predicted octanol–water partition coefficient (Wildman–Crippen LogP) is 3.38. The number of thioether (sulfide) groups is 1. The normalized spacial score (nSPS) is 11.1. The number of carbonyl (C=O) groups is 1. The number of nitrogens with one attached hydrogen (secondary N) is 2. The van der Waals surface area contributed by atoms with Crippen molar-refractivity contribution in [2.75, 3.05) is 38.4 Å². The summed E-state index contributed by atoms with van der Waals surface area (Å²) >= 11 is 1.59. The first-order chi connectivity index (χ1) is 15.9. The van der Waals surface area contributed by atoms with Gasteiger partial charge in [-0.25, -0.2) is 14.6 Å². The molecule has 0 spiro atoms. The van der Waals surface area contributed by atoms with Gasteiger partial charge in [0.2, 0.25) is 5.91 Å². The zero-order valence-electron chi connectivity index (χ0n) is 19.8. The molecule has 178 valence electrons. The number of hydrogen-bond acceptors (Lipinski definition) is 8. The molecule has 1 aromatic carbocycles. The summed E-state index contributed by atoms with van der Waals surface area (Å²) in [7, 11) is 3.16. The van der Waals surface area contributed by atoms with Gasteiger partial charge in [0, 0.05) is 13.1 Å². The van der Waals surface area contributed by atoms with E-state index < -0.39 is 0 Å². The van der Waals surface area contributed by atoms with Crippen LogP contribution in [-0.2, 0) is 17.8 Å². The average Bonchev–Trinajstić information content (AvgIpc) is 3.20. The molecular weight excluding hydrogens is 440 g/mol. The standard InChI is InChI=1S/C23H32N6O3S/c1-6-33-23-27-21(25-13-15(2)3)17-14-26-29(22(17)28-23)10-9-24-20(30)12-16-7-8-18(31-4)19(11-16)32-5/h7-8,11,14-15H,6,9-10,12-13H2,1-5H3,(H,24,30)(H,25,27,28). The smallest absolute Gasteiger partial charge is 0.224 e. The molecule has 3 aromatic rings. The Hall–Kier alpha value is -3.01. The van der Waals surface area contributed by atoms with Gasteiger partial charge in [0.05, 0.1) is 38.8 Å². The molecule has 0 unspecified atom stereocenters. The summed E-state index contributed by atoms with van der Waals surface area (Å²) in [4.78, 5) is 21.8. The monoisotopic (exact) mass is 472 g/mol. The first kappa shape index (κ1) is 24.6. The third-order valence-corrected chi connectivity index (χ3v) is 5.61. The first-order valence-electron chi connectivity index (χ1n) is 11.0. The van der Waals surface area contributed by atoms with Gasteiger partial charge in [-0.1, -0.05) is 38.6 Å². The number of rotatable bonds is 12. The molecule has 2 heterocycles. The molecule has 3 rings (SSSR count). The van der Waals surface area contributed by atoms with Crippen molar-refractivity contribution >= 4 is 34.5 Å². The second kappa shape index (κ2) is 11.7. The molecule has 0 aliphatic rings. The van der Waals surface area contributed by atoms with Crippen LogP contribution in [0.5, 0.6) is 11.5 Å². The first-order valence-corrected chi connectivity index (χ1v) is 12.0. The zero-order chi connectivity index (χ0) is 23.8. The van der Waals surface area contributed by atoms with E-state index in [0.717, 1.165) is 39.9 Å². The van der Waals surface area contributed by atoms with Crippen molar-refractivity contribution in [1.29, 1.82) is 0 Å². The number of ether oxygens (including phenoxy) is 2. The highest BCUT2D eigenvalue weighted by Gasteiger charge is 2.14. The highest BCUT2D eigenvalue weighted by atomic mass is 32.2. The topological polar surface area (TPSA) is 103 Å². The van der Waals surface area contributed by atoms with Gasteiger partial charge in [-0.15, -0.1) is 0 Å². The number of aromatic nitrogens is 4. The van der Waals surface area contributed by atoms with Gasteiger partial charge in [-0.3, -0.25) is 4.79 Å². The van der Waals surface area contributed by atoms with Crippen LogP contribution in [0.15, 0.2) is 29.6 Å². The maximum absolute atomic E-state index is 12.4. The molecule has 0 atom stereocenters. The predicted molar refractivity (Wildman–Crippen MR) is 131 cm³/mol. The van der Waals surface area contributed by atoms with E-state index in [-0.39, 0.29) is 12.3 Å². The van der Waals surface area contributed by atoms with E-state index in [9.17, 15) is 4.79 Å². The summed E-state index contributed by atoms with van der Waals surface area (Å²) in [5.41, 5.74) is 1.62. The summed E-state index contributed by atoms with van der Waals surface area (Å²) < 4.78 is 12.4. The van der Waals surface area contributed by atoms with Crippen LogP contribution in [0, 0.1) is 5.92 Å². The van der Waals surface area contributed by atoms with Gasteiger partial charge >= 0.3 is 0 Å². The largest absolute Gasteiger partial charge is 0.493 e. The Morgan fingerprint density at radius 3 is 2.67 bits per heavy atom. The fraction of sp³-hybridized carbons (Fsp3) is 0.478. The van der Waals surface area contributed by atoms with E-state index in [1.807, 2.05) is 16.8 Å². The van der Waals surface area contributed by atoms with Crippen molar-refractivity contribution in [3.05, 3.63) is 30.0 Å². The van der Waals surface area contributed by atoms with Gasteiger partial charge in [-0.05, 0) is 29.4 Å². The van der Waals surface area contributed by atoms with Crippen LogP contribution in [0.1, 0.15) is 26.3 Å². The Balaban J connectivity index is 1.65. The quantitative estimate of drug-likeness (QED) is 0.305. The molecule has 0 saturated heterocycles. The molecule has 0 fully saturated rings. The maximum Gasteiger partial charge on any atom is 0.224 e. The van der Waals surface area contributed by atoms with Crippen LogP contribution in [0.2, 0.25) is 0 Å². The van der Waals surface area contributed by atoms with E-state index in [1.165, 1.54) is 0 Å². The molecule has 0 saturated carbocycles. The molecule has 1 amide bonds. The number of amides is 1. The summed E-state index contributed by atoms with van der Waals surface area (Å²) in [6, 6.07) is 5.47. The van der Waals surface area contributed by atoms with Gasteiger partial charge in [-0.2, -0.15) is 5.10 Å². The summed E-state index contributed by atoms with van der Waals surface area (Å²) in [6.45, 7) is 8.16. The van der Waals surface area contributed by atoms with E-state index in [4.69, 9.17) is 9.47 Å². The van der Waals surface area contributed by atoms with Crippen molar-refractivity contribution in [1.82, 2.24) is 25.1 Å². The number of benzene rings is 1. The summed E-state index contributed by atoms with van der Waals surface area (Å²) in [5.74, 6) is 3.34. The number of nitrogens with zero attached hydrogens (tertiary/aromatic N) is 4. The van der Waals surface area contributed by atoms with E-state index in [0.29, 0.717) is 30.5 Å². The molecule has 2 aromatic heterocycles. The fourth-order valence-electron chi connectivity index (χ4n) is 3.27. The van der Waals surface area contributed by atoms with E-state index in [1.54, 1.807) is 38.2 Å². The number of methoxy groups -OCH3 is 2. The lowest BCUT2D eigenvalue weighted by Gasteiger charge is -2.11. The fourth-order valence-corrected chi connectivity index (χ4v) is 3.83. The minimum absolute atomic E-state index is 0.0742. The van der Waals surface area contributed by atoms with Crippen LogP contribution < -0.4 is 20.1 Å². The second-order valence-corrected chi connectivity index (χ2v) is 9.11. The van der Waals surface area contributed by atoms with Crippen LogP contribution in [0.25, 0.3) is 11.0 Å². The highest BCUT2D eigenvalue weighted by Crippen LogP contribution is 2.28. The van der Waals surface area contributed by atoms with Crippen molar-refractivity contribution in [2.24, 2.45) is 5.92 Å². The number of hydrogen-bond donors (Lipinski definition) is 2. The van der Waals surface area contributed by atoms with Gasteiger partial charge in [0.15, 0.2) is 22.3 Å². The number of carbonyl (C=O) groups excluding carboxylic acids is 1. The lowest BCUT2D eigenvalue weighted by atomic mass is 10.1.